The van der Waals surface area contributed by atoms with Crippen molar-refractivity contribution in [3.8, 4) is 10.6 Å². The minimum Gasteiger partial charge on any atom is -0.298 e. The Balaban J connectivity index is 1.85. The summed E-state index contributed by atoms with van der Waals surface area (Å²) in [7, 11) is 0. The molecule has 0 radical (unpaired) electrons. The fraction of sp³-hybridized carbons (Fsp3) is 0.400. The van der Waals surface area contributed by atoms with Crippen LogP contribution in [0.1, 0.15) is 23.9 Å². The van der Waals surface area contributed by atoms with Crippen LogP contribution < -0.4 is 0 Å². The van der Waals surface area contributed by atoms with Gasteiger partial charge in [0, 0.05) is 30.0 Å². The monoisotopic (exact) mass is 276 g/mol. The molecule has 0 spiro atoms. The number of thiazole rings is 1. The second-order valence-electron chi connectivity index (χ2n) is 4.92. The molecule has 0 bridgehead atoms. The van der Waals surface area contributed by atoms with Crippen LogP contribution in [-0.4, -0.2) is 23.0 Å². The van der Waals surface area contributed by atoms with E-state index in [4.69, 9.17) is 4.98 Å². The molecule has 0 fully saturated rings. The van der Waals surface area contributed by atoms with E-state index in [0.29, 0.717) is 0 Å². The first-order chi connectivity index (χ1) is 9.26. The topological polar surface area (TPSA) is 16.1 Å². The highest BCUT2D eigenvalue weighted by molar-refractivity contribution is 7.15. The average Bonchev–Trinajstić information content (AvgIpc) is 2.83. The highest BCUT2D eigenvalue weighted by atomic mass is 32.1. The van der Waals surface area contributed by atoms with Gasteiger partial charge in [-0.25, -0.2) is 9.37 Å². The molecule has 1 aromatic heterocycles. The summed E-state index contributed by atoms with van der Waals surface area (Å²) in [6.45, 7) is 5.49. The van der Waals surface area contributed by atoms with Crippen LogP contribution in [-0.2, 0) is 13.0 Å². The van der Waals surface area contributed by atoms with E-state index in [2.05, 4.69) is 11.8 Å². The molecule has 19 heavy (non-hydrogen) atoms. The zero-order valence-electron chi connectivity index (χ0n) is 11.0. The molecule has 2 aromatic rings. The zero-order chi connectivity index (χ0) is 13.2. The second-order valence-corrected chi connectivity index (χ2v) is 6.01. The largest absolute Gasteiger partial charge is 0.298 e. The number of benzene rings is 1. The Morgan fingerprint density at radius 2 is 2.11 bits per heavy atom. The Kier molecular flexibility index (Phi) is 3.62. The Bertz CT molecular complexity index is 562. The number of hydrogen-bond acceptors (Lipinski definition) is 3. The van der Waals surface area contributed by atoms with Crippen molar-refractivity contribution in [2.45, 2.75) is 26.3 Å². The van der Waals surface area contributed by atoms with Gasteiger partial charge in [0.1, 0.15) is 10.8 Å². The van der Waals surface area contributed by atoms with Crippen LogP contribution in [0, 0.1) is 5.82 Å². The van der Waals surface area contributed by atoms with E-state index < -0.39 is 0 Å². The molecule has 0 amide bonds. The summed E-state index contributed by atoms with van der Waals surface area (Å²) in [5, 5.41) is 1.02. The van der Waals surface area contributed by atoms with Gasteiger partial charge in [-0.15, -0.1) is 11.3 Å². The molecule has 0 saturated carbocycles. The minimum atomic E-state index is -0.195. The number of nitrogens with zero attached hydrogens (tertiary/aromatic N) is 2. The van der Waals surface area contributed by atoms with Crippen molar-refractivity contribution >= 4 is 11.3 Å². The van der Waals surface area contributed by atoms with Crippen molar-refractivity contribution in [3.63, 3.8) is 0 Å². The molecule has 0 atom stereocenters. The van der Waals surface area contributed by atoms with Gasteiger partial charge in [-0.3, -0.25) is 4.90 Å². The first kappa shape index (κ1) is 12.8. The van der Waals surface area contributed by atoms with E-state index in [-0.39, 0.29) is 5.82 Å². The van der Waals surface area contributed by atoms with Crippen molar-refractivity contribution in [3.05, 3.63) is 40.7 Å². The van der Waals surface area contributed by atoms with Gasteiger partial charge >= 0.3 is 0 Å². The number of fused-ring (bicyclic) bond motifs is 1. The van der Waals surface area contributed by atoms with E-state index in [1.165, 1.54) is 29.1 Å². The van der Waals surface area contributed by atoms with E-state index in [1.807, 2.05) is 12.1 Å². The van der Waals surface area contributed by atoms with Crippen LogP contribution in [0.15, 0.2) is 24.3 Å². The van der Waals surface area contributed by atoms with Crippen molar-refractivity contribution < 1.29 is 4.39 Å². The molecule has 1 aliphatic heterocycles. The molecule has 3 rings (SSSR count). The lowest BCUT2D eigenvalue weighted by atomic mass is 10.1. The summed E-state index contributed by atoms with van der Waals surface area (Å²) < 4.78 is 12.9. The van der Waals surface area contributed by atoms with Crippen LogP contribution in [0.4, 0.5) is 4.39 Å². The SMILES string of the molecule is CCCN1CCc2nc(-c3ccc(F)cc3)sc2C1. The maximum absolute atomic E-state index is 12.9. The quantitative estimate of drug-likeness (QED) is 0.849. The predicted molar refractivity (Wildman–Crippen MR) is 76.8 cm³/mol. The molecular formula is C15H17FN2S. The van der Waals surface area contributed by atoms with Gasteiger partial charge < -0.3 is 0 Å². The van der Waals surface area contributed by atoms with Crippen LogP contribution in [0.3, 0.4) is 0 Å². The summed E-state index contributed by atoms with van der Waals surface area (Å²) in [4.78, 5) is 8.57. The Morgan fingerprint density at radius 3 is 2.84 bits per heavy atom. The number of aromatic nitrogens is 1. The first-order valence-corrected chi connectivity index (χ1v) is 7.55. The van der Waals surface area contributed by atoms with Crippen molar-refractivity contribution in [1.29, 1.82) is 0 Å². The molecule has 0 N–H and O–H groups in total. The number of halogens is 1. The second kappa shape index (κ2) is 5.39. The Labute approximate surface area is 116 Å². The highest BCUT2D eigenvalue weighted by Gasteiger charge is 2.20. The van der Waals surface area contributed by atoms with Crippen molar-refractivity contribution in [2.75, 3.05) is 13.1 Å². The van der Waals surface area contributed by atoms with E-state index in [0.717, 1.165) is 36.6 Å². The summed E-state index contributed by atoms with van der Waals surface area (Å²) >= 11 is 1.75. The van der Waals surface area contributed by atoms with Gasteiger partial charge in [-0.2, -0.15) is 0 Å². The molecule has 0 aliphatic carbocycles. The molecule has 2 nitrogen and oxygen atoms in total. The third kappa shape index (κ3) is 2.69. The summed E-state index contributed by atoms with van der Waals surface area (Å²) in [6, 6.07) is 6.62. The summed E-state index contributed by atoms with van der Waals surface area (Å²) in [5.74, 6) is -0.195. The maximum Gasteiger partial charge on any atom is 0.123 e. The standard InChI is InChI=1S/C15H17FN2S/c1-2-8-18-9-7-13-14(10-18)19-15(17-13)11-3-5-12(16)6-4-11/h3-6H,2,7-10H2,1H3. The van der Waals surface area contributed by atoms with Crippen LogP contribution in [0.25, 0.3) is 10.6 Å². The third-order valence-corrected chi connectivity index (χ3v) is 4.57. The van der Waals surface area contributed by atoms with E-state index in [9.17, 15) is 4.39 Å². The van der Waals surface area contributed by atoms with E-state index >= 15 is 0 Å². The smallest absolute Gasteiger partial charge is 0.123 e. The van der Waals surface area contributed by atoms with Gasteiger partial charge in [0.25, 0.3) is 0 Å². The molecule has 4 heteroatoms. The number of rotatable bonds is 3. The van der Waals surface area contributed by atoms with Crippen LogP contribution in [0.5, 0.6) is 0 Å². The predicted octanol–water partition coefficient (Wildman–Crippen LogP) is 3.72. The van der Waals surface area contributed by atoms with Crippen molar-refractivity contribution in [2.24, 2.45) is 0 Å². The Morgan fingerprint density at radius 1 is 1.32 bits per heavy atom. The highest BCUT2D eigenvalue weighted by Crippen LogP contribution is 2.31. The van der Waals surface area contributed by atoms with Gasteiger partial charge in [0.2, 0.25) is 0 Å². The minimum absolute atomic E-state index is 0.195. The lowest BCUT2D eigenvalue weighted by Crippen LogP contribution is -2.30. The summed E-state index contributed by atoms with van der Waals surface area (Å²) in [6.07, 6.45) is 2.23. The summed E-state index contributed by atoms with van der Waals surface area (Å²) in [5.41, 5.74) is 2.25. The van der Waals surface area contributed by atoms with Gasteiger partial charge in [0.15, 0.2) is 0 Å². The fourth-order valence-corrected chi connectivity index (χ4v) is 3.63. The Hall–Kier alpha value is -1.26. The van der Waals surface area contributed by atoms with Gasteiger partial charge in [-0.1, -0.05) is 6.92 Å². The van der Waals surface area contributed by atoms with E-state index in [1.54, 1.807) is 11.3 Å². The fourth-order valence-electron chi connectivity index (χ4n) is 2.47. The maximum atomic E-state index is 12.9. The molecule has 0 unspecified atom stereocenters. The zero-order valence-corrected chi connectivity index (χ0v) is 11.8. The van der Waals surface area contributed by atoms with Gasteiger partial charge in [0.05, 0.1) is 5.69 Å². The molecular weight excluding hydrogens is 259 g/mol. The molecule has 1 aliphatic rings. The molecule has 0 saturated heterocycles. The lowest BCUT2D eigenvalue weighted by molar-refractivity contribution is 0.256. The van der Waals surface area contributed by atoms with Crippen molar-refractivity contribution in [1.82, 2.24) is 9.88 Å². The molecule has 1 aromatic carbocycles. The van der Waals surface area contributed by atoms with Crippen LogP contribution >= 0.6 is 11.3 Å². The number of hydrogen-bond donors (Lipinski definition) is 0. The normalized spacial score (nSPS) is 15.5. The molecule has 100 valence electrons. The van der Waals surface area contributed by atoms with Gasteiger partial charge in [-0.05, 0) is 37.2 Å². The lowest BCUT2D eigenvalue weighted by Gasteiger charge is -2.25. The molecule has 2 heterocycles. The average molecular weight is 276 g/mol. The third-order valence-electron chi connectivity index (χ3n) is 3.44. The first-order valence-electron chi connectivity index (χ1n) is 6.73. The van der Waals surface area contributed by atoms with Crippen LogP contribution in [0.2, 0.25) is 0 Å².